The molecule has 4 rings (SSSR count). The molecule has 1 fully saturated rings. The molecular formula is C24H25F4N5O5. The van der Waals surface area contributed by atoms with Gasteiger partial charge in [0.1, 0.15) is 24.3 Å². The van der Waals surface area contributed by atoms with Crippen LogP contribution in [0.5, 0.6) is 5.88 Å². The maximum absolute atomic E-state index is 13.5. The minimum Gasteiger partial charge on any atom is -0.475 e. The quantitative estimate of drug-likeness (QED) is 0.590. The fourth-order valence-electron chi connectivity index (χ4n) is 4.04. The maximum Gasteiger partial charge on any atom is 0.490 e. The second kappa shape index (κ2) is 10.7. The van der Waals surface area contributed by atoms with Gasteiger partial charge in [-0.25, -0.2) is 14.0 Å². The predicted molar refractivity (Wildman–Crippen MR) is 125 cm³/mol. The van der Waals surface area contributed by atoms with E-state index in [1.54, 1.807) is 16.7 Å². The van der Waals surface area contributed by atoms with Crippen LogP contribution in [0.2, 0.25) is 0 Å². The summed E-state index contributed by atoms with van der Waals surface area (Å²) in [6, 6.07) is 7.68. The summed E-state index contributed by atoms with van der Waals surface area (Å²) in [7, 11) is 0. The highest BCUT2D eigenvalue weighted by atomic mass is 19.4. The van der Waals surface area contributed by atoms with Crippen molar-refractivity contribution >= 4 is 17.7 Å². The van der Waals surface area contributed by atoms with E-state index < -0.39 is 29.1 Å². The molecule has 10 nitrogen and oxygen atoms in total. The number of aromatic nitrogens is 2. The molecule has 1 amide bonds. The second-order valence-corrected chi connectivity index (χ2v) is 9.71. The van der Waals surface area contributed by atoms with Gasteiger partial charge in [0.2, 0.25) is 11.8 Å². The molecule has 0 saturated carbocycles. The molecule has 0 bridgehead atoms. The van der Waals surface area contributed by atoms with Crippen LogP contribution in [0.4, 0.5) is 23.4 Å². The maximum atomic E-state index is 13.5. The number of nitriles is 1. The van der Waals surface area contributed by atoms with Gasteiger partial charge in [0.15, 0.2) is 0 Å². The fraction of sp³-hybridized carbons (Fsp3) is 0.458. The van der Waals surface area contributed by atoms with Crippen molar-refractivity contribution in [3.63, 3.8) is 0 Å². The molecule has 14 heteroatoms. The van der Waals surface area contributed by atoms with Crippen LogP contribution in [0, 0.1) is 22.6 Å². The van der Waals surface area contributed by atoms with E-state index in [0.717, 1.165) is 5.82 Å². The number of amides is 1. The number of carbonyl (C=O) groups excluding carboxylic acids is 1. The molecule has 204 valence electrons. The molecule has 0 radical (unpaired) electrons. The first-order valence-corrected chi connectivity index (χ1v) is 11.4. The third-order valence-electron chi connectivity index (χ3n) is 5.85. The summed E-state index contributed by atoms with van der Waals surface area (Å²) in [5.74, 6) is -2.34. The van der Waals surface area contributed by atoms with Crippen molar-refractivity contribution in [3.05, 3.63) is 51.7 Å². The number of fused-ring (bicyclic) bond motifs is 3. The Morgan fingerprint density at radius 3 is 2.42 bits per heavy atom. The van der Waals surface area contributed by atoms with Crippen molar-refractivity contribution < 1.29 is 37.0 Å². The summed E-state index contributed by atoms with van der Waals surface area (Å²) in [6.45, 7) is 8.02. The number of ether oxygens (including phenoxy) is 1. The van der Waals surface area contributed by atoms with Crippen LogP contribution in [0.25, 0.3) is 0 Å². The zero-order chi connectivity index (χ0) is 28.4. The average molecular weight is 539 g/mol. The number of aliphatic carboxylic acids is 1. The number of hydrogen-bond acceptors (Lipinski definition) is 7. The first-order chi connectivity index (χ1) is 17.6. The van der Waals surface area contributed by atoms with Crippen LogP contribution in [0.1, 0.15) is 31.9 Å². The highest BCUT2D eigenvalue weighted by molar-refractivity contribution is 5.82. The number of hydrogen-bond donors (Lipinski definition) is 1. The van der Waals surface area contributed by atoms with Gasteiger partial charge < -0.3 is 19.6 Å². The lowest BCUT2D eigenvalue weighted by atomic mass is 9.94. The highest BCUT2D eigenvalue weighted by Crippen LogP contribution is 2.30. The lowest BCUT2D eigenvalue weighted by Crippen LogP contribution is -2.55. The van der Waals surface area contributed by atoms with Gasteiger partial charge in [0, 0.05) is 31.1 Å². The third kappa shape index (κ3) is 6.39. The lowest BCUT2D eigenvalue weighted by molar-refractivity contribution is -0.192. The molecular weight excluding hydrogens is 514 g/mol. The molecule has 2 aromatic rings. The Bertz CT molecular complexity index is 1330. The normalized spacial score (nSPS) is 16.5. The zero-order valence-electron chi connectivity index (χ0n) is 20.8. The lowest BCUT2D eigenvalue weighted by Gasteiger charge is -2.40. The molecule has 1 saturated heterocycles. The van der Waals surface area contributed by atoms with Gasteiger partial charge in [-0.15, -0.1) is 0 Å². The Balaban J connectivity index is 0.000000505. The van der Waals surface area contributed by atoms with Crippen molar-refractivity contribution in [1.29, 1.82) is 5.26 Å². The monoisotopic (exact) mass is 539 g/mol. The van der Waals surface area contributed by atoms with Crippen molar-refractivity contribution in [2.24, 2.45) is 5.41 Å². The van der Waals surface area contributed by atoms with E-state index >= 15 is 0 Å². The van der Waals surface area contributed by atoms with Gasteiger partial charge in [-0.1, -0.05) is 26.8 Å². The number of anilines is 1. The van der Waals surface area contributed by atoms with Crippen LogP contribution in [-0.2, 0) is 22.7 Å². The van der Waals surface area contributed by atoms with E-state index in [1.165, 1.54) is 18.2 Å². The molecule has 1 N–H and O–H groups in total. The molecule has 0 spiro atoms. The van der Waals surface area contributed by atoms with Gasteiger partial charge in [-0.2, -0.15) is 23.4 Å². The van der Waals surface area contributed by atoms with Gasteiger partial charge in [-0.05, 0) is 17.7 Å². The van der Waals surface area contributed by atoms with Crippen molar-refractivity contribution in [1.82, 2.24) is 14.5 Å². The number of halogens is 4. The molecule has 38 heavy (non-hydrogen) atoms. The van der Waals surface area contributed by atoms with Crippen LogP contribution in [-0.4, -0.2) is 63.3 Å². The number of rotatable bonds is 3. The van der Waals surface area contributed by atoms with Gasteiger partial charge >= 0.3 is 17.8 Å². The first kappa shape index (κ1) is 28.4. The molecule has 1 aromatic heterocycles. The van der Waals surface area contributed by atoms with Gasteiger partial charge in [0.05, 0.1) is 18.2 Å². The van der Waals surface area contributed by atoms with Crippen molar-refractivity contribution in [2.75, 3.05) is 24.5 Å². The van der Waals surface area contributed by atoms with E-state index in [9.17, 15) is 27.2 Å². The van der Waals surface area contributed by atoms with Gasteiger partial charge in [0.25, 0.3) is 0 Å². The predicted octanol–water partition coefficient (Wildman–Crippen LogP) is 2.54. The summed E-state index contributed by atoms with van der Waals surface area (Å²) >= 11 is 0. The Labute approximate surface area is 214 Å². The Hall–Kier alpha value is -4.15. The number of carboxylic acid groups (broad SMARTS) is 1. The van der Waals surface area contributed by atoms with Crippen LogP contribution in [0.15, 0.2) is 29.1 Å². The molecule has 1 atom stereocenters. The van der Waals surface area contributed by atoms with Crippen LogP contribution in [0.3, 0.4) is 0 Å². The summed E-state index contributed by atoms with van der Waals surface area (Å²) < 4.78 is 52.5. The largest absolute Gasteiger partial charge is 0.490 e. The van der Waals surface area contributed by atoms with Crippen LogP contribution < -0.4 is 15.3 Å². The Morgan fingerprint density at radius 1 is 1.18 bits per heavy atom. The van der Waals surface area contributed by atoms with E-state index in [2.05, 4.69) is 9.88 Å². The van der Waals surface area contributed by atoms with Crippen molar-refractivity contribution in [2.45, 2.75) is 46.1 Å². The smallest absolute Gasteiger partial charge is 0.475 e. The molecule has 2 aliphatic rings. The molecule has 2 aliphatic heterocycles. The number of benzene rings is 1. The number of carboxylic acids is 1. The summed E-state index contributed by atoms with van der Waals surface area (Å²) in [6.07, 6.45) is -5.08. The highest BCUT2D eigenvalue weighted by Gasteiger charge is 2.39. The van der Waals surface area contributed by atoms with E-state index in [0.29, 0.717) is 31.7 Å². The van der Waals surface area contributed by atoms with Crippen molar-refractivity contribution in [3.8, 4) is 11.9 Å². The summed E-state index contributed by atoms with van der Waals surface area (Å²) in [4.78, 5) is 42.1. The minimum atomic E-state index is -5.08. The number of nitrogens with zero attached hydrogens (tertiary/aromatic N) is 5. The second-order valence-electron chi connectivity index (χ2n) is 9.71. The third-order valence-corrected chi connectivity index (χ3v) is 5.85. The van der Waals surface area contributed by atoms with Crippen LogP contribution >= 0.6 is 0 Å². The van der Waals surface area contributed by atoms with Gasteiger partial charge in [-0.3, -0.25) is 9.36 Å². The number of carbonyl (C=O) groups is 2. The van der Waals surface area contributed by atoms with E-state index in [1.807, 2.05) is 25.7 Å². The van der Waals surface area contributed by atoms with E-state index in [4.69, 9.17) is 19.9 Å². The summed E-state index contributed by atoms with van der Waals surface area (Å²) in [5, 5.41) is 16.1. The SMILES string of the molecule is CC(C)(C)C(=O)N1CCN2c3cc(OCc4ccc(F)c(C#N)c4)nc(=O)n3CC2C1.O=C(O)C(F)(F)F. The zero-order valence-corrected chi connectivity index (χ0v) is 20.8. The Morgan fingerprint density at radius 2 is 1.84 bits per heavy atom. The molecule has 0 aliphatic carbocycles. The molecule has 3 heterocycles. The number of alkyl halides is 3. The molecule has 1 aromatic carbocycles. The topological polar surface area (TPSA) is 129 Å². The Kier molecular flexibility index (Phi) is 7.99. The average Bonchev–Trinajstić information content (AvgIpc) is 3.20. The summed E-state index contributed by atoms with van der Waals surface area (Å²) in [5.41, 5.74) is -0.313. The standard InChI is InChI=1S/C22H24FN5O3.C2HF3O2/c1-22(2,3)20(29)26-6-7-27-16(11-26)12-28-19(27)9-18(25-21(28)30)31-13-14-4-5-17(23)15(8-14)10-24;3-2(4,5)1(6)7/h4-5,8-9,16H,6-7,11-13H2,1-3H3;(H,6,7). The minimum absolute atomic E-state index is 0.0140. The first-order valence-electron chi connectivity index (χ1n) is 11.4. The fourth-order valence-corrected chi connectivity index (χ4v) is 4.04. The number of piperazine rings is 1. The van der Waals surface area contributed by atoms with E-state index in [-0.39, 0.29) is 30.0 Å². The molecule has 1 unspecified atom stereocenters.